The van der Waals surface area contributed by atoms with Gasteiger partial charge in [-0.05, 0) is 54.8 Å². The zero-order valence-corrected chi connectivity index (χ0v) is 18.8. The Morgan fingerprint density at radius 1 is 1.15 bits per heavy atom. The quantitative estimate of drug-likeness (QED) is 0.454. The summed E-state index contributed by atoms with van der Waals surface area (Å²) in [5, 5.41) is 10.0. The number of aromatic nitrogens is 2. The average Bonchev–Trinajstić information content (AvgIpc) is 3.25. The lowest BCUT2D eigenvalue weighted by molar-refractivity contribution is -0.0512. The van der Waals surface area contributed by atoms with E-state index in [1.165, 1.54) is 25.3 Å². The fourth-order valence-electron chi connectivity index (χ4n) is 3.02. The third-order valence-corrected chi connectivity index (χ3v) is 4.70. The van der Waals surface area contributed by atoms with Crippen LogP contribution in [0, 0.1) is 12.8 Å². The molecule has 0 aliphatic heterocycles. The van der Waals surface area contributed by atoms with Gasteiger partial charge in [0.05, 0.1) is 13.7 Å². The molecule has 0 spiro atoms. The Balaban J connectivity index is 1.65. The number of nitrogens with one attached hydrogen (secondary N) is 2. The predicted molar refractivity (Wildman–Crippen MR) is 119 cm³/mol. The van der Waals surface area contributed by atoms with Gasteiger partial charge >= 0.3 is 6.61 Å². The molecular weight excluding hydrogens is 434 g/mol. The largest absolute Gasteiger partial charge is 0.493 e. The minimum atomic E-state index is -2.96. The molecule has 10 heteroatoms. The molecule has 3 rings (SSSR count). The second-order valence-electron chi connectivity index (χ2n) is 7.74. The van der Waals surface area contributed by atoms with Crippen LogP contribution in [0.25, 0.3) is 11.4 Å². The zero-order chi connectivity index (χ0) is 24.0. The lowest BCUT2D eigenvalue weighted by Crippen LogP contribution is -2.27. The molecule has 0 aliphatic carbocycles. The van der Waals surface area contributed by atoms with Crippen molar-refractivity contribution >= 4 is 11.6 Å². The Kier molecular flexibility index (Phi) is 7.81. The second kappa shape index (κ2) is 10.8. The van der Waals surface area contributed by atoms with Crippen molar-refractivity contribution in [1.82, 2.24) is 15.5 Å². The van der Waals surface area contributed by atoms with Crippen LogP contribution in [0.15, 0.2) is 40.9 Å². The highest BCUT2D eigenvalue weighted by molar-refractivity contribution is 5.94. The number of anilines is 1. The molecule has 0 radical (unpaired) electrons. The van der Waals surface area contributed by atoms with Crippen LogP contribution in [0.2, 0.25) is 0 Å². The molecule has 0 fully saturated rings. The second-order valence-corrected chi connectivity index (χ2v) is 7.74. The van der Waals surface area contributed by atoms with E-state index >= 15 is 0 Å². The first-order chi connectivity index (χ1) is 15.8. The van der Waals surface area contributed by atoms with Gasteiger partial charge in [0.2, 0.25) is 11.7 Å². The van der Waals surface area contributed by atoms with Crippen LogP contribution in [0.4, 0.5) is 14.5 Å². The first-order valence-electron chi connectivity index (χ1n) is 10.3. The molecule has 176 valence electrons. The van der Waals surface area contributed by atoms with Crippen molar-refractivity contribution in [2.24, 2.45) is 5.92 Å². The fraction of sp³-hybridized carbons (Fsp3) is 0.348. The van der Waals surface area contributed by atoms with Gasteiger partial charge in [0.1, 0.15) is 0 Å². The number of rotatable bonds is 10. The van der Waals surface area contributed by atoms with Gasteiger partial charge in [-0.1, -0.05) is 19.0 Å². The molecule has 1 heterocycles. The van der Waals surface area contributed by atoms with Gasteiger partial charge in [-0.3, -0.25) is 4.79 Å². The fourth-order valence-corrected chi connectivity index (χ4v) is 3.02. The maximum atomic E-state index is 12.5. The highest BCUT2D eigenvalue weighted by atomic mass is 19.3. The van der Waals surface area contributed by atoms with E-state index in [1.807, 2.05) is 32.9 Å². The highest BCUT2D eigenvalue weighted by Gasteiger charge is 2.15. The number of halogens is 2. The van der Waals surface area contributed by atoms with Crippen molar-refractivity contribution in [3.05, 3.63) is 53.4 Å². The van der Waals surface area contributed by atoms with Gasteiger partial charge in [-0.25, -0.2) is 0 Å². The van der Waals surface area contributed by atoms with E-state index in [2.05, 4.69) is 25.5 Å². The molecule has 1 amide bonds. The zero-order valence-electron chi connectivity index (χ0n) is 18.8. The third kappa shape index (κ3) is 6.41. The van der Waals surface area contributed by atoms with Gasteiger partial charge in [-0.2, -0.15) is 13.8 Å². The number of carbonyl (C=O) groups is 1. The standard InChI is InChI=1S/C23H26F2N4O4/c1-13(2)11-27-22(30)16-5-7-17(14(3)9-16)26-12-20-28-21(29-33-20)15-6-8-18(32-23(24)25)19(10-15)31-4/h5-10,13,23,26H,11-12H2,1-4H3,(H,27,30). The lowest BCUT2D eigenvalue weighted by Gasteiger charge is -2.11. The maximum absolute atomic E-state index is 12.5. The smallest absolute Gasteiger partial charge is 0.387 e. The molecule has 0 bridgehead atoms. The van der Waals surface area contributed by atoms with Gasteiger partial charge < -0.3 is 24.6 Å². The number of ether oxygens (including phenoxy) is 2. The molecule has 2 N–H and O–H groups in total. The SMILES string of the molecule is COc1cc(-c2noc(CNc3ccc(C(=O)NCC(C)C)cc3C)n2)ccc1OC(F)F. The third-order valence-electron chi connectivity index (χ3n) is 4.70. The van der Waals surface area contributed by atoms with Crippen LogP contribution in [-0.4, -0.2) is 36.3 Å². The Bertz CT molecular complexity index is 1100. The first-order valence-corrected chi connectivity index (χ1v) is 10.3. The Labute approximate surface area is 190 Å². The van der Waals surface area contributed by atoms with E-state index in [9.17, 15) is 13.6 Å². The minimum Gasteiger partial charge on any atom is -0.493 e. The molecule has 1 aromatic heterocycles. The van der Waals surface area contributed by atoms with Crippen LogP contribution in [0.5, 0.6) is 11.5 Å². The number of methoxy groups -OCH3 is 1. The van der Waals surface area contributed by atoms with Gasteiger partial charge in [0.25, 0.3) is 5.91 Å². The summed E-state index contributed by atoms with van der Waals surface area (Å²) in [6.07, 6.45) is 0. The van der Waals surface area contributed by atoms with Crippen LogP contribution in [0.3, 0.4) is 0 Å². The summed E-state index contributed by atoms with van der Waals surface area (Å²) in [7, 11) is 1.35. The number of carbonyl (C=O) groups excluding carboxylic acids is 1. The van der Waals surface area contributed by atoms with Crippen LogP contribution >= 0.6 is 0 Å². The lowest BCUT2D eigenvalue weighted by atomic mass is 10.1. The minimum absolute atomic E-state index is 0.0848. The van der Waals surface area contributed by atoms with E-state index in [4.69, 9.17) is 9.26 Å². The van der Waals surface area contributed by atoms with Gasteiger partial charge in [0, 0.05) is 23.4 Å². The van der Waals surface area contributed by atoms with E-state index in [0.29, 0.717) is 29.5 Å². The maximum Gasteiger partial charge on any atom is 0.387 e. The molecule has 33 heavy (non-hydrogen) atoms. The van der Waals surface area contributed by atoms with Crippen molar-refractivity contribution in [2.45, 2.75) is 33.9 Å². The number of hydrogen-bond donors (Lipinski definition) is 2. The van der Waals surface area contributed by atoms with Crippen LogP contribution < -0.4 is 20.1 Å². The van der Waals surface area contributed by atoms with Crippen molar-refractivity contribution in [2.75, 3.05) is 19.0 Å². The number of aryl methyl sites for hydroxylation is 1. The molecule has 0 saturated carbocycles. The molecule has 3 aromatic rings. The number of alkyl halides is 2. The summed E-state index contributed by atoms with van der Waals surface area (Å²) in [4.78, 5) is 16.6. The normalized spacial score (nSPS) is 11.0. The summed E-state index contributed by atoms with van der Waals surface area (Å²) in [6.45, 7) is 3.89. The number of nitrogens with zero attached hydrogens (tertiary/aromatic N) is 2. The van der Waals surface area contributed by atoms with Gasteiger partial charge in [0.15, 0.2) is 11.5 Å². The summed E-state index contributed by atoms with van der Waals surface area (Å²) in [6, 6.07) is 9.77. The van der Waals surface area contributed by atoms with Crippen LogP contribution in [-0.2, 0) is 6.54 Å². The molecule has 0 unspecified atom stereocenters. The van der Waals surface area contributed by atoms with Crippen molar-refractivity contribution in [3.63, 3.8) is 0 Å². The molecule has 0 atom stereocenters. The molecule has 0 aliphatic rings. The molecule has 8 nitrogen and oxygen atoms in total. The monoisotopic (exact) mass is 460 g/mol. The Morgan fingerprint density at radius 3 is 2.61 bits per heavy atom. The molecule has 0 saturated heterocycles. The van der Waals surface area contributed by atoms with Gasteiger partial charge in [-0.15, -0.1) is 0 Å². The van der Waals surface area contributed by atoms with Crippen molar-refractivity contribution in [3.8, 4) is 22.9 Å². The van der Waals surface area contributed by atoms with Crippen molar-refractivity contribution < 1.29 is 27.6 Å². The molecule has 2 aromatic carbocycles. The Hall–Kier alpha value is -3.69. The predicted octanol–water partition coefficient (Wildman–Crippen LogP) is 4.65. The number of amides is 1. The molecular formula is C23H26F2N4O4. The van der Waals surface area contributed by atoms with E-state index in [-0.39, 0.29) is 29.8 Å². The topological polar surface area (TPSA) is 98.5 Å². The highest BCUT2D eigenvalue weighted by Crippen LogP contribution is 2.32. The van der Waals surface area contributed by atoms with E-state index in [0.717, 1.165) is 11.3 Å². The summed E-state index contributed by atoms with van der Waals surface area (Å²) >= 11 is 0. The summed E-state index contributed by atoms with van der Waals surface area (Å²) in [5.41, 5.74) is 2.83. The van der Waals surface area contributed by atoms with Crippen LogP contribution in [0.1, 0.15) is 35.7 Å². The number of benzene rings is 2. The summed E-state index contributed by atoms with van der Waals surface area (Å²) in [5.74, 6) is 0.919. The Morgan fingerprint density at radius 2 is 1.94 bits per heavy atom. The summed E-state index contributed by atoms with van der Waals surface area (Å²) < 4.78 is 39.8. The number of hydrogen-bond acceptors (Lipinski definition) is 7. The van der Waals surface area contributed by atoms with E-state index in [1.54, 1.807) is 6.07 Å². The van der Waals surface area contributed by atoms with Crippen molar-refractivity contribution in [1.29, 1.82) is 0 Å². The average molecular weight is 460 g/mol. The first kappa shape index (κ1) is 24.0. The van der Waals surface area contributed by atoms with E-state index < -0.39 is 6.61 Å².